The molecule has 1 fully saturated rings. The Hall–Kier alpha value is -2.63. The number of rotatable bonds is 8. The number of halogens is 1. The van der Waals surface area contributed by atoms with Gasteiger partial charge in [-0.25, -0.2) is 9.37 Å². The SMILES string of the molecule is CC(=O)C[C@@H](C)c1ccc(OC2CCN(c3cc(OC(C)C)ncc3F)C2)cc1. The highest BCUT2D eigenvalue weighted by Crippen LogP contribution is 2.29. The summed E-state index contributed by atoms with van der Waals surface area (Å²) in [7, 11) is 0. The van der Waals surface area contributed by atoms with Crippen LogP contribution in [-0.4, -0.2) is 36.1 Å². The van der Waals surface area contributed by atoms with E-state index in [1.165, 1.54) is 6.20 Å². The molecule has 0 radical (unpaired) electrons. The Morgan fingerprint density at radius 2 is 2.00 bits per heavy atom. The van der Waals surface area contributed by atoms with Gasteiger partial charge in [0.2, 0.25) is 5.88 Å². The summed E-state index contributed by atoms with van der Waals surface area (Å²) in [6, 6.07) is 9.55. The molecule has 0 bridgehead atoms. The first-order valence-electron chi connectivity index (χ1n) is 10.1. The highest BCUT2D eigenvalue weighted by Gasteiger charge is 2.27. The standard InChI is InChI=1S/C23H29FN2O3/c1-15(2)28-23-12-22(21(24)13-25-23)26-10-9-20(14-26)29-19-7-5-18(6-8-19)16(3)11-17(4)27/h5-8,12-13,15-16,20H,9-11,14H2,1-4H3/t16-,20?/m1/s1. The van der Waals surface area contributed by atoms with Gasteiger partial charge in [0, 0.05) is 25.5 Å². The van der Waals surface area contributed by atoms with Gasteiger partial charge in [-0.05, 0) is 44.4 Å². The summed E-state index contributed by atoms with van der Waals surface area (Å²) in [6.45, 7) is 8.80. The second-order valence-corrected chi connectivity index (χ2v) is 7.99. The van der Waals surface area contributed by atoms with E-state index in [-0.39, 0.29) is 29.7 Å². The highest BCUT2D eigenvalue weighted by atomic mass is 19.1. The molecule has 0 amide bonds. The molecule has 2 aromatic rings. The minimum atomic E-state index is -0.356. The van der Waals surface area contributed by atoms with Gasteiger partial charge in [0.25, 0.3) is 0 Å². The van der Waals surface area contributed by atoms with Crippen molar-refractivity contribution in [2.24, 2.45) is 0 Å². The molecule has 6 heteroatoms. The number of ketones is 1. The summed E-state index contributed by atoms with van der Waals surface area (Å²) in [5, 5.41) is 0. The van der Waals surface area contributed by atoms with Gasteiger partial charge in [0.05, 0.1) is 24.5 Å². The molecule has 1 aromatic heterocycles. The second kappa shape index (κ2) is 9.25. The Bertz CT molecular complexity index is 839. The zero-order valence-electron chi connectivity index (χ0n) is 17.5. The van der Waals surface area contributed by atoms with Crippen LogP contribution in [0.1, 0.15) is 52.0 Å². The molecule has 1 aromatic carbocycles. The van der Waals surface area contributed by atoms with Gasteiger partial charge in [0.1, 0.15) is 17.6 Å². The molecule has 1 aliphatic rings. The summed E-state index contributed by atoms with van der Waals surface area (Å²) in [4.78, 5) is 17.3. The van der Waals surface area contributed by atoms with Gasteiger partial charge in [-0.3, -0.25) is 0 Å². The molecule has 156 valence electrons. The van der Waals surface area contributed by atoms with E-state index in [4.69, 9.17) is 9.47 Å². The van der Waals surface area contributed by atoms with E-state index in [9.17, 15) is 9.18 Å². The van der Waals surface area contributed by atoms with Crippen LogP contribution >= 0.6 is 0 Å². The fourth-order valence-electron chi connectivity index (χ4n) is 3.62. The highest BCUT2D eigenvalue weighted by molar-refractivity contribution is 5.76. The largest absolute Gasteiger partial charge is 0.489 e. The predicted octanol–water partition coefficient (Wildman–Crippen LogP) is 4.75. The fourth-order valence-corrected chi connectivity index (χ4v) is 3.62. The first kappa shape index (κ1) is 21.1. The summed E-state index contributed by atoms with van der Waals surface area (Å²) < 4.78 is 26.0. The van der Waals surface area contributed by atoms with Gasteiger partial charge in [-0.1, -0.05) is 19.1 Å². The van der Waals surface area contributed by atoms with Gasteiger partial charge in [-0.2, -0.15) is 0 Å². The molecule has 2 atom stereocenters. The molecule has 3 rings (SSSR count). The average Bonchev–Trinajstić information content (AvgIpc) is 3.11. The molecule has 1 aliphatic heterocycles. The van der Waals surface area contributed by atoms with Crippen LogP contribution in [-0.2, 0) is 4.79 Å². The summed E-state index contributed by atoms with van der Waals surface area (Å²) >= 11 is 0. The van der Waals surface area contributed by atoms with E-state index in [0.29, 0.717) is 31.1 Å². The number of hydrogen-bond donors (Lipinski definition) is 0. The average molecular weight is 400 g/mol. The lowest BCUT2D eigenvalue weighted by Crippen LogP contribution is -2.25. The van der Waals surface area contributed by atoms with E-state index >= 15 is 0 Å². The Labute approximate surface area is 171 Å². The Balaban J connectivity index is 1.61. The maximum absolute atomic E-state index is 14.3. The van der Waals surface area contributed by atoms with Crippen molar-refractivity contribution in [3.63, 3.8) is 0 Å². The summed E-state index contributed by atoms with van der Waals surface area (Å²) in [5.74, 6) is 1.24. The molecule has 0 saturated carbocycles. The normalized spacial score (nSPS) is 17.4. The number of pyridine rings is 1. The van der Waals surface area contributed by atoms with E-state index in [2.05, 4.69) is 4.98 Å². The van der Waals surface area contributed by atoms with Crippen molar-refractivity contribution in [2.45, 2.75) is 58.7 Å². The van der Waals surface area contributed by atoms with Crippen LogP contribution in [0.4, 0.5) is 10.1 Å². The van der Waals surface area contributed by atoms with E-state index in [0.717, 1.165) is 17.7 Å². The molecular weight excluding hydrogens is 371 g/mol. The number of benzene rings is 1. The molecule has 0 N–H and O–H groups in total. The molecule has 1 saturated heterocycles. The van der Waals surface area contributed by atoms with Crippen molar-refractivity contribution in [1.82, 2.24) is 4.98 Å². The fraction of sp³-hybridized carbons (Fsp3) is 0.478. The van der Waals surface area contributed by atoms with Crippen molar-refractivity contribution in [3.05, 3.63) is 47.9 Å². The van der Waals surface area contributed by atoms with Crippen molar-refractivity contribution < 1.29 is 18.7 Å². The Kier molecular flexibility index (Phi) is 6.72. The summed E-state index contributed by atoms with van der Waals surface area (Å²) in [5.41, 5.74) is 1.62. The minimum absolute atomic E-state index is 0.0162. The molecule has 0 aliphatic carbocycles. The smallest absolute Gasteiger partial charge is 0.215 e. The number of aromatic nitrogens is 1. The van der Waals surface area contributed by atoms with E-state index in [1.807, 2.05) is 49.9 Å². The maximum atomic E-state index is 14.3. The lowest BCUT2D eigenvalue weighted by molar-refractivity contribution is -0.117. The number of hydrogen-bond acceptors (Lipinski definition) is 5. The van der Waals surface area contributed by atoms with E-state index < -0.39 is 0 Å². The van der Waals surface area contributed by atoms with Crippen LogP contribution in [0.25, 0.3) is 0 Å². The van der Waals surface area contributed by atoms with Crippen LogP contribution in [0, 0.1) is 5.82 Å². The molecular formula is C23H29FN2O3. The first-order chi connectivity index (χ1) is 13.8. The maximum Gasteiger partial charge on any atom is 0.215 e. The van der Waals surface area contributed by atoms with Crippen LogP contribution in [0.15, 0.2) is 36.5 Å². The molecule has 29 heavy (non-hydrogen) atoms. The van der Waals surface area contributed by atoms with Crippen LogP contribution in [0.2, 0.25) is 0 Å². The van der Waals surface area contributed by atoms with Crippen molar-refractivity contribution in [1.29, 1.82) is 0 Å². The van der Waals surface area contributed by atoms with Crippen molar-refractivity contribution in [3.8, 4) is 11.6 Å². The monoisotopic (exact) mass is 400 g/mol. The van der Waals surface area contributed by atoms with Gasteiger partial charge in [0.15, 0.2) is 5.82 Å². The third kappa shape index (κ3) is 5.68. The van der Waals surface area contributed by atoms with Gasteiger partial charge < -0.3 is 19.2 Å². The van der Waals surface area contributed by atoms with Crippen molar-refractivity contribution in [2.75, 3.05) is 18.0 Å². The number of ether oxygens (including phenoxy) is 2. The zero-order chi connectivity index (χ0) is 21.0. The molecule has 5 nitrogen and oxygen atoms in total. The minimum Gasteiger partial charge on any atom is -0.489 e. The van der Waals surface area contributed by atoms with Crippen LogP contribution in [0.3, 0.4) is 0 Å². The number of carbonyl (C=O) groups excluding carboxylic acids is 1. The Morgan fingerprint density at radius 1 is 1.28 bits per heavy atom. The second-order valence-electron chi connectivity index (χ2n) is 7.99. The number of Topliss-reactive ketones (excluding diaryl/α,β-unsaturated/α-hetero) is 1. The van der Waals surface area contributed by atoms with Crippen LogP contribution < -0.4 is 14.4 Å². The number of anilines is 1. The first-order valence-corrected chi connectivity index (χ1v) is 10.1. The van der Waals surface area contributed by atoms with Crippen LogP contribution in [0.5, 0.6) is 11.6 Å². The van der Waals surface area contributed by atoms with E-state index in [1.54, 1.807) is 13.0 Å². The molecule has 1 unspecified atom stereocenters. The topological polar surface area (TPSA) is 51.7 Å². The lowest BCUT2D eigenvalue weighted by Gasteiger charge is -2.20. The lowest BCUT2D eigenvalue weighted by atomic mass is 9.96. The quantitative estimate of drug-likeness (QED) is 0.640. The Morgan fingerprint density at radius 3 is 2.66 bits per heavy atom. The van der Waals surface area contributed by atoms with Gasteiger partial charge in [-0.15, -0.1) is 0 Å². The predicted molar refractivity (Wildman–Crippen MR) is 111 cm³/mol. The van der Waals surface area contributed by atoms with Gasteiger partial charge >= 0.3 is 0 Å². The molecule has 2 heterocycles. The number of carbonyl (C=O) groups is 1. The molecule has 0 spiro atoms. The third-order valence-corrected chi connectivity index (χ3v) is 5.00. The zero-order valence-corrected chi connectivity index (χ0v) is 17.5. The van der Waals surface area contributed by atoms with Crippen molar-refractivity contribution >= 4 is 11.5 Å². The number of nitrogens with zero attached hydrogens (tertiary/aromatic N) is 2. The third-order valence-electron chi connectivity index (χ3n) is 5.00. The summed E-state index contributed by atoms with van der Waals surface area (Å²) in [6.07, 6.45) is 2.53.